The molecule has 3 nitrogen and oxygen atoms in total. The molecule has 3 heteroatoms. The molecule has 1 heterocycles. The van der Waals surface area contributed by atoms with E-state index in [-0.39, 0.29) is 11.8 Å². The molecule has 0 amide bonds. The first-order valence-electron chi connectivity index (χ1n) is 7.27. The molecule has 1 aliphatic carbocycles. The number of hydrogen-bond acceptors (Lipinski definition) is 2. The van der Waals surface area contributed by atoms with Gasteiger partial charge in [0, 0.05) is 11.7 Å². The summed E-state index contributed by atoms with van der Waals surface area (Å²) in [5, 5.41) is 13.3. The largest absolute Gasteiger partial charge is 0.481 e. The number of hydrogen-bond donors (Lipinski definition) is 2. The summed E-state index contributed by atoms with van der Waals surface area (Å²) < 4.78 is 0. The molecule has 0 saturated heterocycles. The number of nitrogens with one attached hydrogen (secondary N) is 1. The van der Waals surface area contributed by atoms with E-state index in [2.05, 4.69) is 18.3 Å². The number of aliphatic carboxylic acids is 1. The molecule has 3 unspecified atom stereocenters. The molecule has 102 valence electrons. The summed E-state index contributed by atoms with van der Waals surface area (Å²) in [6.07, 6.45) is 5.73. The van der Waals surface area contributed by atoms with Gasteiger partial charge in [-0.3, -0.25) is 4.79 Å². The Bertz CT molecular complexity index is 498. The fourth-order valence-electron chi connectivity index (χ4n) is 3.79. The third kappa shape index (κ3) is 2.11. The summed E-state index contributed by atoms with van der Waals surface area (Å²) in [7, 11) is 0. The van der Waals surface area contributed by atoms with Gasteiger partial charge in [-0.2, -0.15) is 0 Å². The number of carboxylic acids is 1. The number of aryl methyl sites for hydroxylation is 1. The van der Waals surface area contributed by atoms with Gasteiger partial charge < -0.3 is 10.4 Å². The molecule has 0 bridgehead atoms. The van der Waals surface area contributed by atoms with Gasteiger partial charge in [-0.1, -0.05) is 37.5 Å². The third-order valence-electron chi connectivity index (χ3n) is 4.73. The van der Waals surface area contributed by atoms with Crippen LogP contribution in [-0.4, -0.2) is 17.1 Å². The summed E-state index contributed by atoms with van der Waals surface area (Å²) in [4.78, 5) is 11.8. The third-order valence-corrected chi connectivity index (χ3v) is 4.73. The van der Waals surface area contributed by atoms with E-state index >= 15 is 0 Å². The maximum atomic E-state index is 11.8. The number of carboxylic acid groups (broad SMARTS) is 1. The highest BCUT2D eigenvalue weighted by atomic mass is 16.4. The van der Waals surface area contributed by atoms with Crippen LogP contribution in [0.3, 0.4) is 0 Å². The van der Waals surface area contributed by atoms with Crippen LogP contribution in [0.15, 0.2) is 18.2 Å². The van der Waals surface area contributed by atoms with Crippen LogP contribution >= 0.6 is 0 Å². The molecule has 3 rings (SSSR count). The fourth-order valence-corrected chi connectivity index (χ4v) is 3.79. The van der Waals surface area contributed by atoms with Crippen LogP contribution in [0, 0.1) is 12.8 Å². The van der Waals surface area contributed by atoms with E-state index in [1.54, 1.807) is 0 Å². The van der Waals surface area contributed by atoms with Crippen molar-refractivity contribution >= 4 is 11.7 Å². The fraction of sp³-hybridized carbons (Fsp3) is 0.562. The minimum Gasteiger partial charge on any atom is -0.481 e. The SMILES string of the molecule is Cc1cccc2c1NC1CCCCCC1C2C(=O)O. The number of carbonyl (C=O) groups is 1. The standard InChI is InChI=1S/C16H21NO2/c1-10-6-5-8-12-14(16(18)19)11-7-3-2-4-9-13(11)17-15(10)12/h5-6,8,11,13-14,17H,2-4,7,9H2,1H3,(H,18,19). The minimum atomic E-state index is -0.662. The van der Waals surface area contributed by atoms with Crippen molar-refractivity contribution in [2.45, 2.75) is 51.0 Å². The van der Waals surface area contributed by atoms with Crippen LogP contribution in [0.2, 0.25) is 0 Å². The van der Waals surface area contributed by atoms with Crippen molar-refractivity contribution in [1.29, 1.82) is 0 Å². The van der Waals surface area contributed by atoms with Crippen LogP contribution in [0.1, 0.15) is 49.1 Å². The van der Waals surface area contributed by atoms with Crippen molar-refractivity contribution in [2.75, 3.05) is 5.32 Å². The first-order chi connectivity index (χ1) is 9.18. The average Bonchev–Trinajstić information content (AvgIpc) is 2.61. The lowest BCUT2D eigenvalue weighted by Gasteiger charge is -2.39. The topological polar surface area (TPSA) is 49.3 Å². The quantitative estimate of drug-likeness (QED) is 0.811. The summed E-state index contributed by atoms with van der Waals surface area (Å²) >= 11 is 0. The van der Waals surface area contributed by atoms with E-state index in [1.807, 2.05) is 12.1 Å². The summed E-state index contributed by atoms with van der Waals surface area (Å²) in [5.41, 5.74) is 3.21. The predicted octanol–water partition coefficient (Wildman–Crippen LogP) is 3.54. The van der Waals surface area contributed by atoms with Gasteiger partial charge >= 0.3 is 5.97 Å². The molecule has 2 N–H and O–H groups in total. The minimum absolute atomic E-state index is 0.245. The second-order valence-corrected chi connectivity index (χ2v) is 5.91. The molecule has 19 heavy (non-hydrogen) atoms. The van der Waals surface area contributed by atoms with Gasteiger partial charge in [-0.25, -0.2) is 0 Å². The van der Waals surface area contributed by atoms with Crippen LogP contribution in [0.5, 0.6) is 0 Å². The van der Waals surface area contributed by atoms with Crippen molar-refractivity contribution in [2.24, 2.45) is 5.92 Å². The molecule has 1 aromatic carbocycles. The Morgan fingerprint density at radius 2 is 2.05 bits per heavy atom. The maximum Gasteiger partial charge on any atom is 0.311 e. The highest BCUT2D eigenvalue weighted by Gasteiger charge is 2.41. The molecule has 0 spiro atoms. The van der Waals surface area contributed by atoms with Gasteiger partial charge in [-0.05, 0) is 36.8 Å². The van der Waals surface area contributed by atoms with Gasteiger partial charge in [0.25, 0.3) is 0 Å². The molecule has 1 aromatic rings. The molecule has 1 aliphatic heterocycles. The normalized spacial score (nSPS) is 29.6. The van der Waals surface area contributed by atoms with Crippen LogP contribution in [-0.2, 0) is 4.79 Å². The van der Waals surface area contributed by atoms with Crippen molar-refractivity contribution in [3.63, 3.8) is 0 Å². The average molecular weight is 259 g/mol. The monoisotopic (exact) mass is 259 g/mol. The Kier molecular flexibility index (Phi) is 3.21. The second-order valence-electron chi connectivity index (χ2n) is 5.91. The first-order valence-corrected chi connectivity index (χ1v) is 7.27. The van der Waals surface area contributed by atoms with Crippen LogP contribution in [0.4, 0.5) is 5.69 Å². The Labute approximate surface area is 114 Å². The summed E-state index contributed by atoms with van der Waals surface area (Å²) in [6, 6.07) is 6.34. The number of fused-ring (bicyclic) bond motifs is 2. The van der Waals surface area contributed by atoms with Gasteiger partial charge in [-0.15, -0.1) is 0 Å². The first kappa shape index (κ1) is 12.5. The molecular formula is C16H21NO2. The molecule has 0 radical (unpaired) electrons. The molecule has 3 atom stereocenters. The zero-order valence-corrected chi connectivity index (χ0v) is 11.4. The van der Waals surface area contributed by atoms with Gasteiger partial charge in [0.2, 0.25) is 0 Å². The summed E-state index contributed by atoms with van der Waals surface area (Å²) in [5.74, 6) is -0.751. The molecule has 1 fully saturated rings. The lowest BCUT2D eigenvalue weighted by atomic mass is 9.74. The Morgan fingerprint density at radius 1 is 1.26 bits per heavy atom. The van der Waals surface area contributed by atoms with Gasteiger partial charge in [0.1, 0.15) is 0 Å². The zero-order valence-electron chi connectivity index (χ0n) is 11.4. The molecule has 2 aliphatic rings. The Balaban J connectivity index is 2.08. The molecular weight excluding hydrogens is 238 g/mol. The highest BCUT2D eigenvalue weighted by Crippen LogP contribution is 2.44. The Morgan fingerprint density at radius 3 is 2.84 bits per heavy atom. The number of rotatable bonds is 1. The van der Waals surface area contributed by atoms with E-state index in [0.717, 1.165) is 36.1 Å². The summed E-state index contributed by atoms with van der Waals surface area (Å²) in [6.45, 7) is 2.06. The van der Waals surface area contributed by atoms with E-state index in [1.165, 1.54) is 12.8 Å². The Hall–Kier alpha value is -1.51. The molecule has 0 aromatic heterocycles. The second kappa shape index (κ2) is 4.87. The highest BCUT2D eigenvalue weighted by molar-refractivity contribution is 5.81. The lowest BCUT2D eigenvalue weighted by Crippen LogP contribution is -2.40. The van der Waals surface area contributed by atoms with Gasteiger partial charge in [0.05, 0.1) is 5.92 Å². The predicted molar refractivity (Wildman–Crippen MR) is 75.5 cm³/mol. The van der Waals surface area contributed by atoms with Crippen molar-refractivity contribution in [3.05, 3.63) is 29.3 Å². The smallest absolute Gasteiger partial charge is 0.311 e. The van der Waals surface area contributed by atoms with Crippen molar-refractivity contribution in [3.8, 4) is 0 Å². The van der Waals surface area contributed by atoms with E-state index in [4.69, 9.17) is 0 Å². The van der Waals surface area contributed by atoms with Crippen LogP contribution in [0.25, 0.3) is 0 Å². The number of benzene rings is 1. The van der Waals surface area contributed by atoms with E-state index in [9.17, 15) is 9.90 Å². The van der Waals surface area contributed by atoms with Gasteiger partial charge in [0.15, 0.2) is 0 Å². The number of anilines is 1. The maximum absolute atomic E-state index is 11.8. The zero-order chi connectivity index (χ0) is 13.4. The van der Waals surface area contributed by atoms with Crippen molar-refractivity contribution in [1.82, 2.24) is 0 Å². The molecule has 1 saturated carbocycles. The number of para-hydroxylation sites is 1. The lowest BCUT2D eigenvalue weighted by molar-refractivity contribution is -0.140. The van der Waals surface area contributed by atoms with Crippen LogP contribution < -0.4 is 5.32 Å². The van der Waals surface area contributed by atoms with Crippen molar-refractivity contribution < 1.29 is 9.90 Å². The van der Waals surface area contributed by atoms with E-state index < -0.39 is 5.97 Å². The van der Waals surface area contributed by atoms with E-state index in [0.29, 0.717) is 6.04 Å².